The van der Waals surface area contributed by atoms with Crippen LogP contribution < -0.4 is 10.6 Å². The summed E-state index contributed by atoms with van der Waals surface area (Å²) in [6, 6.07) is 0. The summed E-state index contributed by atoms with van der Waals surface area (Å²) in [5.41, 5.74) is 0. The molecule has 0 aromatic rings. The van der Waals surface area contributed by atoms with Crippen LogP contribution >= 0.6 is 0 Å². The van der Waals surface area contributed by atoms with Crippen LogP contribution in [-0.4, -0.2) is 56.6 Å². The molecular formula is C10H18F3N3O2. The van der Waals surface area contributed by atoms with Crippen LogP contribution in [0.3, 0.4) is 0 Å². The lowest BCUT2D eigenvalue weighted by molar-refractivity contribution is -0.141. The summed E-state index contributed by atoms with van der Waals surface area (Å²) in [6.07, 6.45) is -3.57. The zero-order valence-corrected chi connectivity index (χ0v) is 10.4. The lowest BCUT2D eigenvalue weighted by Crippen LogP contribution is -2.41. The van der Waals surface area contributed by atoms with Gasteiger partial charge >= 0.3 is 6.18 Å². The third-order valence-corrected chi connectivity index (χ3v) is 2.11. The fraction of sp³-hybridized carbons (Fsp3) is 0.800. The number of carbonyl (C=O) groups is 2. The highest BCUT2D eigenvalue weighted by atomic mass is 19.4. The van der Waals surface area contributed by atoms with Crippen molar-refractivity contribution < 1.29 is 22.8 Å². The summed E-state index contributed by atoms with van der Waals surface area (Å²) in [5.74, 6) is -1.09. The molecule has 106 valence electrons. The van der Waals surface area contributed by atoms with Crippen molar-refractivity contribution in [1.82, 2.24) is 15.5 Å². The monoisotopic (exact) mass is 269 g/mol. The van der Waals surface area contributed by atoms with Gasteiger partial charge in [-0.25, -0.2) is 0 Å². The smallest absolute Gasteiger partial charge is 0.345 e. The summed E-state index contributed by atoms with van der Waals surface area (Å²) in [5, 5.41) is 4.57. The molecule has 18 heavy (non-hydrogen) atoms. The summed E-state index contributed by atoms with van der Waals surface area (Å²) in [7, 11) is 3.13. The van der Waals surface area contributed by atoms with Crippen molar-refractivity contribution >= 4 is 11.8 Å². The maximum atomic E-state index is 11.8. The van der Waals surface area contributed by atoms with E-state index in [1.165, 1.54) is 7.05 Å². The van der Waals surface area contributed by atoms with E-state index in [-0.39, 0.29) is 18.9 Å². The van der Waals surface area contributed by atoms with Crippen LogP contribution in [0.1, 0.15) is 12.8 Å². The minimum absolute atomic E-state index is 0.254. The van der Waals surface area contributed by atoms with Crippen molar-refractivity contribution in [3.05, 3.63) is 0 Å². The zero-order valence-electron chi connectivity index (χ0n) is 10.4. The van der Waals surface area contributed by atoms with Crippen molar-refractivity contribution in [1.29, 1.82) is 0 Å². The van der Waals surface area contributed by atoms with Gasteiger partial charge in [0.25, 0.3) is 0 Å². The SMILES string of the molecule is CNCCCC(=O)N(C)CC(=O)NCC(F)(F)F. The number of alkyl halides is 3. The summed E-state index contributed by atoms with van der Waals surface area (Å²) in [6.45, 7) is -1.08. The van der Waals surface area contributed by atoms with Gasteiger partial charge in [-0.3, -0.25) is 9.59 Å². The molecular weight excluding hydrogens is 251 g/mol. The molecule has 8 heteroatoms. The van der Waals surface area contributed by atoms with Crippen molar-refractivity contribution in [2.24, 2.45) is 0 Å². The number of carbonyl (C=O) groups excluding carboxylic acids is 2. The van der Waals surface area contributed by atoms with Crippen LogP contribution in [0.4, 0.5) is 13.2 Å². The predicted octanol–water partition coefficient (Wildman–Crippen LogP) is 0.123. The van der Waals surface area contributed by atoms with E-state index in [9.17, 15) is 22.8 Å². The van der Waals surface area contributed by atoms with Gasteiger partial charge in [0.1, 0.15) is 6.54 Å². The topological polar surface area (TPSA) is 61.4 Å². The van der Waals surface area contributed by atoms with Gasteiger partial charge in [0.05, 0.1) is 6.54 Å². The number of hydrogen-bond donors (Lipinski definition) is 2. The molecule has 0 atom stereocenters. The molecule has 0 saturated heterocycles. The van der Waals surface area contributed by atoms with Crippen LogP contribution in [0, 0.1) is 0 Å². The number of likely N-dealkylation sites (N-methyl/N-ethyl adjacent to an activating group) is 1. The highest BCUT2D eigenvalue weighted by molar-refractivity contribution is 5.84. The van der Waals surface area contributed by atoms with Crippen molar-refractivity contribution in [2.45, 2.75) is 19.0 Å². The Morgan fingerprint density at radius 3 is 2.39 bits per heavy atom. The molecule has 0 heterocycles. The highest BCUT2D eigenvalue weighted by Crippen LogP contribution is 2.11. The first kappa shape index (κ1) is 16.7. The molecule has 0 unspecified atom stereocenters. The van der Waals surface area contributed by atoms with E-state index in [0.29, 0.717) is 13.0 Å². The van der Waals surface area contributed by atoms with E-state index in [2.05, 4.69) is 5.32 Å². The molecule has 0 radical (unpaired) electrons. The summed E-state index contributed by atoms with van der Waals surface area (Å²) < 4.78 is 35.4. The van der Waals surface area contributed by atoms with Gasteiger partial charge in [-0.15, -0.1) is 0 Å². The molecule has 2 N–H and O–H groups in total. The van der Waals surface area contributed by atoms with E-state index in [1.807, 2.05) is 0 Å². The molecule has 0 aromatic carbocycles. The molecule has 0 aliphatic heterocycles. The maximum Gasteiger partial charge on any atom is 0.405 e. The van der Waals surface area contributed by atoms with Crippen LogP contribution in [0.5, 0.6) is 0 Å². The highest BCUT2D eigenvalue weighted by Gasteiger charge is 2.27. The lowest BCUT2D eigenvalue weighted by atomic mass is 10.3. The zero-order chi connectivity index (χ0) is 14.2. The Balaban J connectivity index is 3.88. The Kier molecular flexibility index (Phi) is 7.33. The molecule has 0 rings (SSSR count). The quantitative estimate of drug-likeness (QED) is 0.645. The Bertz CT molecular complexity index is 282. The molecule has 0 bridgehead atoms. The van der Waals surface area contributed by atoms with E-state index >= 15 is 0 Å². The fourth-order valence-electron chi connectivity index (χ4n) is 1.17. The van der Waals surface area contributed by atoms with Crippen LogP contribution in [0.15, 0.2) is 0 Å². The standard InChI is InChI=1S/C10H18F3N3O2/c1-14-5-3-4-9(18)16(2)6-8(17)15-7-10(11,12)13/h14H,3-7H2,1-2H3,(H,15,17). The first-order chi connectivity index (χ1) is 8.26. The van der Waals surface area contributed by atoms with E-state index < -0.39 is 18.6 Å². The fourth-order valence-corrected chi connectivity index (χ4v) is 1.17. The van der Waals surface area contributed by atoms with Crippen LogP contribution in [0.25, 0.3) is 0 Å². The Morgan fingerprint density at radius 1 is 1.28 bits per heavy atom. The third kappa shape index (κ3) is 8.80. The molecule has 2 amide bonds. The predicted molar refractivity (Wildman–Crippen MR) is 59.9 cm³/mol. The normalized spacial score (nSPS) is 11.2. The minimum Gasteiger partial charge on any atom is -0.345 e. The summed E-state index contributed by atoms with van der Waals surface area (Å²) in [4.78, 5) is 23.7. The number of hydrogen-bond acceptors (Lipinski definition) is 3. The largest absolute Gasteiger partial charge is 0.405 e. The number of nitrogens with one attached hydrogen (secondary N) is 2. The average Bonchev–Trinajstić information content (AvgIpc) is 2.25. The second-order valence-corrected chi connectivity index (χ2v) is 3.85. The Hall–Kier alpha value is -1.31. The van der Waals surface area contributed by atoms with Gasteiger partial charge in [-0.1, -0.05) is 0 Å². The van der Waals surface area contributed by atoms with Crippen LogP contribution in [0.2, 0.25) is 0 Å². The van der Waals surface area contributed by atoms with Gasteiger partial charge in [-0.2, -0.15) is 13.2 Å². The van der Waals surface area contributed by atoms with Crippen LogP contribution in [-0.2, 0) is 9.59 Å². The van der Waals surface area contributed by atoms with E-state index in [1.54, 1.807) is 12.4 Å². The van der Waals surface area contributed by atoms with Crippen molar-refractivity contribution in [3.63, 3.8) is 0 Å². The third-order valence-electron chi connectivity index (χ3n) is 2.11. The molecule has 0 aromatic heterocycles. The minimum atomic E-state index is -4.44. The molecule has 0 spiro atoms. The van der Waals surface area contributed by atoms with E-state index in [4.69, 9.17) is 0 Å². The van der Waals surface area contributed by atoms with Gasteiger partial charge in [0, 0.05) is 13.5 Å². The number of nitrogens with zero attached hydrogens (tertiary/aromatic N) is 1. The van der Waals surface area contributed by atoms with E-state index in [0.717, 1.165) is 4.90 Å². The lowest BCUT2D eigenvalue weighted by Gasteiger charge is -2.17. The Morgan fingerprint density at radius 2 is 1.89 bits per heavy atom. The van der Waals surface area contributed by atoms with Gasteiger partial charge < -0.3 is 15.5 Å². The maximum absolute atomic E-state index is 11.8. The second-order valence-electron chi connectivity index (χ2n) is 3.85. The molecule has 0 saturated carbocycles. The van der Waals surface area contributed by atoms with Gasteiger partial charge in [0.15, 0.2) is 0 Å². The average molecular weight is 269 g/mol. The summed E-state index contributed by atoms with van der Waals surface area (Å²) >= 11 is 0. The first-order valence-corrected chi connectivity index (χ1v) is 5.48. The second kappa shape index (κ2) is 7.91. The molecule has 0 fully saturated rings. The number of amides is 2. The number of rotatable bonds is 7. The molecule has 0 aliphatic rings. The number of halogens is 3. The Labute approximate surface area is 104 Å². The molecule has 0 aliphatic carbocycles. The van der Waals surface area contributed by atoms with Crippen molar-refractivity contribution in [3.8, 4) is 0 Å². The van der Waals surface area contributed by atoms with Gasteiger partial charge in [-0.05, 0) is 20.0 Å². The first-order valence-electron chi connectivity index (χ1n) is 5.48. The van der Waals surface area contributed by atoms with Crippen molar-refractivity contribution in [2.75, 3.05) is 33.7 Å². The molecule has 5 nitrogen and oxygen atoms in total. The van der Waals surface area contributed by atoms with Gasteiger partial charge in [0.2, 0.25) is 11.8 Å².